The van der Waals surface area contributed by atoms with Gasteiger partial charge >= 0.3 is 0 Å². The smallest absolute Gasteiger partial charge is 0.269 e. The molecule has 0 radical (unpaired) electrons. The van der Waals surface area contributed by atoms with Gasteiger partial charge in [-0.2, -0.15) is 0 Å². The van der Waals surface area contributed by atoms with Gasteiger partial charge in [0, 0.05) is 18.9 Å². The first kappa shape index (κ1) is 11.7. The number of imidazole rings is 1. The fourth-order valence-corrected chi connectivity index (χ4v) is 2.31. The van der Waals surface area contributed by atoms with Crippen LogP contribution < -0.4 is 10.6 Å². The maximum absolute atomic E-state index is 12.3. The summed E-state index contributed by atoms with van der Waals surface area (Å²) in [7, 11) is 1.75. The second-order valence-electron chi connectivity index (χ2n) is 4.23. The molecule has 0 bridgehead atoms. The molecule has 1 aliphatic rings. The predicted octanol–water partition coefficient (Wildman–Crippen LogP) is 1.46. The summed E-state index contributed by atoms with van der Waals surface area (Å²) in [6, 6.07) is 3.01. The molecule has 1 aromatic carbocycles. The number of nitrogens with two attached hydrogens (primary N) is 1. The van der Waals surface area contributed by atoms with Gasteiger partial charge in [0.2, 0.25) is 0 Å². The van der Waals surface area contributed by atoms with Crippen LogP contribution in [0.2, 0.25) is 5.02 Å². The molecular weight excluding hydrogens is 268 g/mol. The number of benzene rings is 1. The van der Waals surface area contributed by atoms with Gasteiger partial charge in [-0.15, -0.1) is 0 Å². The number of rotatable bonds is 1. The topological polar surface area (TPSA) is 81.2 Å². The number of nitrogen functional groups attached to an aromatic ring is 1. The third kappa shape index (κ3) is 1.53. The van der Waals surface area contributed by atoms with E-state index in [1.54, 1.807) is 17.8 Å². The standard InChI is InChI=1S/C12H9ClN4O2/c1-16-4-8(15-5-16)17-11(18)9-6(13)2-3-7(14)10(9)12(17)19/h2-5H,14H2,1H3. The summed E-state index contributed by atoms with van der Waals surface area (Å²) < 4.78 is 1.64. The highest BCUT2D eigenvalue weighted by molar-refractivity contribution is 6.42. The normalized spacial score (nSPS) is 14.1. The summed E-state index contributed by atoms with van der Waals surface area (Å²) in [4.78, 5) is 29.6. The zero-order valence-corrected chi connectivity index (χ0v) is 10.7. The summed E-state index contributed by atoms with van der Waals surface area (Å²) >= 11 is 5.98. The van der Waals surface area contributed by atoms with Crippen molar-refractivity contribution in [2.45, 2.75) is 0 Å². The van der Waals surface area contributed by atoms with E-state index < -0.39 is 11.8 Å². The maximum atomic E-state index is 12.3. The molecular formula is C12H9ClN4O2. The Morgan fingerprint density at radius 1 is 1.21 bits per heavy atom. The number of aromatic nitrogens is 2. The molecule has 0 unspecified atom stereocenters. The lowest BCUT2D eigenvalue weighted by atomic mass is 10.1. The van der Waals surface area contributed by atoms with Crippen molar-refractivity contribution >= 4 is 34.9 Å². The van der Waals surface area contributed by atoms with Crippen LogP contribution in [0.4, 0.5) is 11.5 Å². The molecule has 3 rings (SSSR count). The Labute approximate surface area is 113 Å². The molecule has 0 aliphatic carbocycles. The van der Waals surface area contributed by atoms with E-state index in [0.29, 0.717) is 0 Å². The summed E-state index contributed by atoms with van der Waals surface area (Å²) in [5, 5.41) is 0.209. The number of nitrogens with zero attached hydrogens (tertiary/aromatic N) is 3. The molecule has 0 fully saturated rings. The molecule has 96 valence electrons. The van der Waals surface area contributed by atoms with Crippen LogP contribution in [0.1, 0.15) is 20.7 Å². The molecule has 1 aliphatic heterocycles. The fourth-order valence-electron chi connectivity index (χ4n) is 2.07. The number of amides is 2. The van der Waals surface area contributed by atoms with E-state index in [1.807, 2.05) is 0 Å². The van der Waals surface area contributed by atoms with Crippen molar-refractivity contribution in [3.8, 4) is 0 Å². The average Bonchev–Trinajstić information content (AvgIpc) is 2.87. The maximum Gasteiger partial charge on any atom is 0.269 e. The van der Waals surface area contributed by atoms with Crippen LogP contribution in [-0.2, 0) is 7.05 Å². The van der Waals surface area contributed by atoms with Crippen molar-refractivity contribution in [2.24, 2.45) is 7.05 Å². The molecule has 0 saturated carbocycles. The Kier molecular flexibility index (Phi) is 2.36. The molecule has 19 heavy (non-hydrogen) atoms. The van der Waals surface area contributed by atoms with E-state index >= 15 is 0 Å². The van der Waals surface area contributed by atoms with Crippen LogP contribution >= 0.6 is 11.6 Å². The first-order chi connectivity index (χ1) is 9.00. The molecule has 2 heterocycles. The lowest BCUT2D eigenvalue weighted by Gasteiger charge is -2.09. The number of halogens is 1. The van der Waals surface area contributed by atoms with Gasteiger partial charge in [-0.3, -0.25) is 9.59 Å². The Hall–Kier alpha value is -2.34. The van der Waals surface area contributed by atoms with E-state index in [4.69, 9.17) is 17.3 Å². The number of hydrogen-bond acceptors (Lipinski definition) is 4. The van der Waals surface area contributed by atoms with Crippen LogP contribution in [0, 0.1) is 0 Å². The number of anilines is 2. The third-order valence-corrected chi connectivity index (χ3v) is 3.26. The largest absolute Gasteiger partial charge is 0.398 e. The SMILES string of the molecule is Cn1cnc(N2C(=O)c3c(N)ccc(Cl)c3C2=O)c1. The Morgan fingerprint density at radius 2 is 1.89 bits per heavy atom. The lowest BCUT2D eigenvalue weighted by Crippen LogP contribution is -2.29. The number of fused-ring (bicyclic) bond motifs is 1. The minimum atomic E-state index is -0.504. The van der Waals surface area contributed by atoms with Gasteiger partial charge in [0.25, 0.3) is 11.8 Å². The van der Waals surface area contributed by atoms with E-state index in [1.165, 1.54) is 18.5 Å². The molecule has 1 aromatic heterocycles. The Balaban J connectivity index is 2.20. The zero-order chi connectivity index (χ0) is 13.7. The molecule has 2 N–H and O–H groups in total. The van der Waals surface area contributed by atoms with Crippen molar-refractivity contribution < 1.29 is 9.59 Å². The van der Waals surface area contributed by atoms with E-state index in [2.05, 4.69) is 4.98 Å². The predicted molar refractivity (Wildman–Crippen MR) is 70.2 cm³/mol. The minimum Gasteiger partial charge on any atom is -0.398 e. The van der Waals surface area contributed by atoms with Crippen molar-refractivity contribution in [1.29, 1.82) is 0 Å². The number of aryl methyl sites for hydroxylation is 1. The van der Waals surface area contributed by atoms with Gasteiger partial charge in [0.05, 0.1) is 22.5 Å². The van der Waals surface area contributed by atoms with Crippen LogP contribution in [0.5, 0.6) is 0 Å². The minimum absolute atomic E-state index is 0.136. The number of imide groups is 1. The van der Waals surface area contributed by atoms with Crippen LogP contribution in [-0.4, -0.2) is 21.4 Å². The van der Waals surface area contributed by atoms with Gasteiger partial charge in [0.1, 0.15) is 0 Å². The molecule has 0 atom stereocenters. The lowest BCUT2D eigenvalue weighted by molar-refractivity contribution is 0.0925. The molecule has 0 spiro atoms. The van der Waals surface area contributed by atoms with Gasteiger partial charge in [0.15, 0.2) is 5.82 Å². The van der Waals surface area contributed by atoms with Crippen LogP contribution in [0.25, 0.3) is 0 Å². The summed E-state index contributed by atoms with van der Waals surface area (Å²) in [5.41, 5.74) is 6.27. The quantitative estimate of drug-likeness (QED) is 0.631. The van der Waals surface area contributed by atoms with Gasteiger partial charge in [-0.1, -0.05) is 11.6 Å². The van der Waals surface area contributed by atoms with E-state index in [-0.39, 0.29) is 27.7 Å². The first-order valence-electron chi connectivity index (χ1n) is 5.45. The highest BCUT2D eigenvalue weighted by atomic mass is 35.5. The van der Waals surface area contributed by atoms with E-state index in [9.17, 15) is 9.59 Å². The summed E-state index contributed by atoms with van der Waals surface area (Å²) in [5.74, 6) is -0.751. The second-order valence-corrected chi connectivity index (χ2v) is 4.64. The molecule has 6 nitrogen and oxygen atoms in total. The van der Waals surface area contributed by atoms with Gasteiger partial charge < -0.3 is 10.3 Å². The molecule has 0 saturated heterocycles. The average molecular weight is 277 g/mol. The second kappa shape index (κ2) is 3.83. The highest BCUT2D eigenvalue weighted by Gasteiger charge is 2.40. The van der Waals surface area contributed by atoms with Crippen LogP contribution in [0.3, 0.4) is 0 Å². The van der Waals surface area contributed by atoms with E-state index in [0.717, 1.165) is 4.90 Å². The monoisotopic (exact) mass is 276 g/mol. The van der Waals surface area contributed by atoms with Crippen molar-refractivity contribution in [3.05, 3.63) is 40.8 Å². The van der Waals surface area contributed by atoms with Gasteiger partial charge in [-0.05, 0) is 12.1 Å². The van der Waals surface area contributed by atoms with Gasteiger partial charge in [-0.25, -0.2) is 9.88 Å². The number of hydrogen-bond donors (Lipinski definition) is 1. The summed E-state index contributed by atoms with van der Waals surface area (Å²) in [6.45, 7) is 0. The zero-order valence-electron chi connectivity index (χ0n) is 9.92. The molecule has 2 amide bonds. The first-order valence-corrected chi connectivity index (χ1v) is 5.83. The highest BCUT2D eigenvalue weighted by Crippen LogP contribution is 2.35. The fraction of sp³-hybridized carbons (Fsp3) is 0.0833. The Morgan fingerprint density at radius 3 is 2.47 bits per heavy atom. The molecule has 2 aromatic rings. The van der Waals surface area contributed by atoms with Crippen LogP contribution in [0.15, 0.2) is 24.7 Å². The Bertz CT molecular complexity index is 682. The van der Waals surface area contributed by atoms with Crippen molar-refractivity contribution in [2.75, 3.05) is 10.6 Å². The molecule has 7 heteroatoms. The third-order valence-electron chi connectivity index (χ3n) is 2.94. The number of carbonyl (C=O) groups is 2. The van der Waals surface area contributed by atoms with Crippen molar-refractivity contribution in [1.82, 2.24) is 9.55 Å². The van der Waals surface area contributed by atoms with Crippen molar-refractivity contribution in [3.63, 3.8) is 0 Å². The summed E-state index contributed by atoms with van der Waals surface area (Å²) in [6.07, 6.45) is 3.08. The number of carbonyl (C=O) groups excluding carboxylic acids is 2.